The molecule has 0 aliphatic carbocycles. The van der Waals surface area contributed by atoms with Gasteiger partial charge in [0.25, 0.3) is 0 Å². The third-order valence-electron chi connectivity index (χ3n) is 3.42. The second kappa shape index (κ2) is 5.54. The zero-order valence-corrected chi connectivity index (χ0v) is 11.2. The Morgan fingerprint density at radius 1 is 1.12 bits per heavy atom. The maximum absolute atomic E-state index is 3.54. The number of nitrogens with zero attached hydrogens (tertiary/aromatic N) is 1. The summed E-state index contributed by atoms with van der Waals surface area (Å²) >= 11 is 0. The number of hydrogen-bond donors (Lipinski definition) is 1. The number of anilines is 1. The van der Waals surface area contributed by atoms with Gasteiger partial charge in [-0.15, -0.1) is 0 Å². The molecule has 1 aliphatic rings. The van der Waals surface area contributed by atoms with E-state index in [1.165, 1.54) is 11.3 Å². The van der Waals surface area contributed by atoms with E-state index in [1.807, 2.05) is 0 Å². The van der Waals surface area contributed by atoms with Crippen LogP contribution in [0.3, 0.4) is 0 Å². The van der Waals surface area contributed by atoms with Crippen molar-refractivity contribution in [1.82, 2.24) is 5.32 Å². The van der Waals surface area contributed by atoms with Gasteiger partial charge < -0.3 is 10.2 Å². The standard InChI is InChI=1S/C15H24N2/c1-12-5-4-6-15(7-12)17-10-13(2)8-16-9-14(3)11-17/h4-7,13-14,16H,8-11H2,1-3H3. The third-order valence-corrected chi connectivity index (χ3v) is 3.42. The Hall–Kier alpha value is -1.02. The van der Waals surface area contributed by atoms with Crippen LogP contribution in [0.4, 0.5) is 5.69 Å². The first-order valence-electron chi connectivity index (χ1n) is 6.67. The molecule has 1 aliphatic heterocycles. The van der Waals surface area contributed by atoms with Gasteiger partial charge in [0.1, 0.15) is 0 Å². The first-order chi connectivity index (χ1) is 8.15. The topological polar surface area (TPSA) is 15.3 Å². The molecule has 2 atom stereocenters. The molecule has 1 fully saturated rings. The van der Waals surface area contributed by atoms with E-state index in [1.54, 1.807) is 0 Å². The average Bonchev–Trinajstić information content (AvgIpc) is 2.26. The van der Waals surface area contributed by atoms with E-state index >= 15 is 0 Å². The Morgan fingerprint density at radius 3 is 2.35 bits per heavy atom. The van der Waals surface area contributed by atoms with Gasteiger partial charge in [0.15, 0.2) is 0 Å². The minimum atomic E-state index is 0.711. The zero-order valence-electron chi connectivity index (χ0n) is 11.2. The van der Waals surface area contributed by atoms with Gasteiger partial charge in [0.05, 0.1) is 0 Å². The van der Waals surface area contributed by atoms with E-state index in [9.17, 15) is 0 Å². The minimum Gasteiger partial charge on any atom is -0.371 e. The lowest BCUT2D eigenvalue weighted by Gasteiger charge is -2.33. The van der Waals surface area contributed by atoms with Crippen LogP contribution in [0.15, 0.2) is 24.3 Å². The van der Waals surface area contributed by atoms with Crippen molar-refractivity contribution in [3.63, 3.8) is 0 Å². The summed E-state index contributed by atoms with van der Waals surface area (Å²) in [5, 5.41) is 3.54. The molecule has 0 bridgehead atoms. The fourth-order valence-corrected chi connectivity index (χ4v) is 2.57. The van der Waals surface area contributed by atoms with Crippen LogP contribution < -0.4 is 10.2 Å². The molecule has 17 heavy (non-hydrogen) atoms. The molecule has 0 aromatic heterocycles. The molecule has 2 rings (SSSR count). The van der Waals surface area contributed by atoms with E-state index in [-0.39, 0.29) is 0 Å². The minimum absolute atomic E-state index is 0.711. The van der Waals surface area contributed by atoms with Gasteiger partial charge in [0, 0.05) is 18.8 Å². The number of nitrogens with one attached hydrogen (secondary N) is 1. The second-order valence-electron chi connectivity index (χ2n) is 5.61. The molecular weight excluding hydrogens is 208 g/mol. The fraction of sp³-hybridized carbons (Fsp3) is 0.600. The highest BCUT2D eigenvalue weighted by Gasteiger charge is 2.17. The van der Waals surface area contributed by atoms with Crippen molar-refractivity contribution in [3.05, 3.63) is 29.8 Å². The third kappa shape index (κ3) is 3.47. The van der Waals surface area contributed by atoms with Crippen LogP contribution in [0.1, 0.15) is 19.4 Å². The summed E-state index contributed by atoms with van der Waals surface area (Å²) in [7, 11) is 0. The molecule has 1 saturated heterocycles. The van der Waals surface area contributed by atoms with Crippen molar-refractivity contribution in [1.29, 1.82) is 0 Å². The van der Waals surface area contributed by atoms with Crippen molar-refractivity contribution in [2.75, 3.05) is 31.1 Å². The highest BCUT2D eigenvalue weighted by atomic mass is 15.1. The van der Waals surface area contributed by atoms with Crippen molar-refractivity contribution in [3.8, 4) is 0 Å². The molecule has 1 N–H and O–H groups in total. The summed E-state index contributed by atoms with van der Waals surface area (Å²) in [5.41, 5.74) is 2.73. The Balaban J connectivity index is 2.15. The van der Waals surface area contributed by atoms with Crippen LogP contribution in [0.5, 0.6) is 0 Å². The maximum atomic E-state index is 3.54. The van der Waals surface area contributed by atoms with Gasteiger partial charge >= 0.3 is 0 Å². The van der Waals surface area contributed by atoms with Crippen LogP contribution >= 0.6 is 0 Å². The van der Waals surface area contributed by atoms with Gasteiger partial charge in [-0.3, -0.25) is 0 Å². The van der Waals surface area contributed by atoms with Crippen LogP contribution in [-0.4, -0.2) is 26.2 Å². The summed E-state index contributed by atoms with van der Waals surface area (Å²) in [5.74, 6) is 1.42. The van der Waals surface area contributed by atoms with Crippen molar-refractivity contribution in [2.24, 2.45) is 11.8 Å². The quantitative estimate of drug-likeness (QED) is 0.801. The van der Waals surface area contributed by atoms with Crippen molar-refractivity contribution < 1.29 is 0 Å². The predicted octanol–water partition coefficient (Wildman–Crippen LogP) is 2.68. The Bertz CT molecular complexity index is 350. The van der Waals surface area contributed by atoms with Gasteiger partial charge in [-0.1, -0.05) is 26.0 Å². The molecule has 1 heterocycles. The number of hydrogen-bond acceptors (Lipinski definition) is 2. The molecule has 2 unspecified atom stereocenters. The highest BCUT2D eigenvalue weighted by Crippen LogP contribution is 2.19. The van der Waals surface area contributed by atoms with E-state index in [2.05, 4.69) is 55.3 Å². The van der Waals surface area contributed by atoms with Crippen LogP contribution in [0.2, 0.25) is 0 Å². The number of aryl methyl sites for hydroxylation is 1. The average molecular weight is 232 g/mol. The zero-order chi connectivity index (χ0) is 12.3. The Labute approximate surface area is 105 Å². The molecule has 94 valence electrons. The summed E-state index contributed by atoms with van der Waals surface area (Å²) in [4.78, 5) is 2.54. The number of rotatable bonds is 1. The van der Waals surface area contributed by atoms with E-state index < -0.39 is 0 Å². The molecular formula is C15H24N2. The van der Waals surface area contributed by atoms with Crippen molar-refractivity contribution >= 4 is 5.69 Å². The fourth-order valence-electron chi connectivity index (χ4n) is 2.57. The predicted molar refractivity (Wildman–Crippen MR) is 74.6 cm³/mol. The normalized spacial score (nSPS) is 26.4. The molecule has 2 heteroatoms. The maximum Gasteiger partial charge on any atom is 0.0369 e. The summed E-state index contributed by atoms with van der Waals surface area (Å²) in [6, 6.07) is 8.87. The molecule has 0 saturated carbocycles. The monoisotopic (exact) mass is 232 g/mol. The van der Waals surface area contributed by atoms with E-state index in [0.717, 1.165) is 26.2 Å². The summed E-state index contributed by atoms with van der Waals surface area (Å²) in [6.45, 7) is 11.4. The Kier molecular flexibility index (Phi) is 4.06. The molecule has 1 aromatic rings. The first kappa shape index (κ1) is 12.4. The number of benzene rings is 1. The summed E-state index contributed by atoms with van der Waals surface area (Å²) in [6.07, 6.45) is 0. The molecule has 0 spiro atoms. The van der Waals surface area contributed by atoms with Gasteiger partial charge in [-0.2, -0.15) is 0 Å². The van der Waals surface area contributed by atoms with Crippen molar-refractivity contribution in [2.45, 2.75) is 20.8 Å². The largest absolute Gasteiger partial charge is 0.371 e. The van der Waals surface area contributed by atoms with Gasteiger partial charge in [0.2, 0.25) is 0 Å². The molecule has 1 aromatic carbocycles. The van der Waals surface area contributed by atoms with Crippen LogP contribution in [-0.2, 0) is 0 Å². The highest BCUT2D eigenvalue weighted by molar-refractivity contribution is 5.48. The lowest BCUT2D eigenvalue weighted by atomic mass is 10.0. The lowest BCUT2D eigenvalue weighted by molar-refractivity contribution is 0.410. The SMILES string of the molecule is Cc1cccc(N2CC(C)CNCC(C)C2)c1. The van der Waals surface area contributed by atoms with E-state index in [0.29, 0.717) is 11.8 Å². The smallest absolute Gasteiger partial charge is 0.0369 e. The van der Waals surface area contributed by atoms with Gasteiger partial charge in [-0.05, 0) is 49.5 Å². The first-order valence-corrected chi connectivity index (χ1v) is 6.67. The molecule has 0 amide bonds. The van der Waals surface area contributed by atoms with Crippen LogP contribution in [0.25, 0.3) is 0 Å². The summed E-state index contributed by atoms with van der Waals surface area (Å²) < 4.78 is 0. The van der Waals surface area contributed by atoms with Gasteiger partial charge in [-0.25, -0.2) is 0 Å². The van der Waals surface area contributed by atoms with E-state index in [4.69, 9.17) is 0 Å². The molecule has 0 radical (unpaired) electrons. The molecule has 2 nitrogen and oxygen atoms in total. The second-order valence-corrected chi connectivity index (χ2v) is 5.61. The lowest BCUT2D eigenvalue weighted by Crippen LogP contribution is -2.42. The van der Waals surface area contributed by atoms with Crippen LogP contribution in [0, 0.1) is 18.8 Å². The Morgan fingerprint density at radius 2 is 1.76 bits per heavy atom.